The fourth-order valence-electron chi connectivity index (χ4n) is 3.99. The number of rotatable bonds is 7. The van der Waals surface area contributed by atoms with Crippen molar-refractivity contribution in [2.75, 3.05) is 25.0 Å². The predicted molar refractivity (Wildman–Crippen MR) is 125 cm³/mol. The van der Waals surface area contributed by atoms with E-state index < -0.39 is 0 Å². The van der Waals surface area contributed by atoms with Crippen LogP contribution in [0.25, 0.3) is 21.8 Å². The maximum Gasteiger partial charge on any atom is 0.223 e. The molecule has 1 saturated heterocycles. The van der Waals surface area contributed by atoms with Gasteiger partial charge in [-0.2, -0.15) is 0 Å². The molecule has 0 unspecified atom stereocenters. The van der Waals surface area contributed by atoms with E-state index >= 15 is 0 Å². The van der Waals surface area contributed by atoms with Crippen molar-refractivity contribution in [3.05, 3.63) is 78.2 Å². The van der Waals surface area contributed by atoms with Crippen LogP contribution in [0.5, 0.6) is 0 Å². The molecule has 4 aromatic rings. The molecule has 0 aliphatic carbocycles. The van der Waals surface area contributed by atoms with Crippen LogP contribution in [0.2, 0.25) is 0 Å². The molecule has 6 nitrogen and oxygen atoms in total. The summed E-state index contributed by atoms with van der Waals surface area (Å²) < 4.78 is 0. The van der Waals surface area contributed by atoms with E-state index in [1.807, 2.05) is 12.3 Å². The third-order valence-corrected chi connectivity index (χ3v) is 6.43. The summed E-state index contributed by atoms with van der Waals surface area (Å²) in [5, 5.41) is 5.53. The molecule has 7 heteroatoms. The highest BCUT2D eigenvalue weighted by Gasteiger charge is 2.23. The molecule has 5 rings (SSSR count). The fraction of sp³-hybridized carbons (Fsp3) is 0.250. The molecule has 31 heavy (non-hydrogen) atoms. The van der Waals surface area contributed by atoms with E-state index in [2.05, 4.69) is 66.9 Å². The van der Waals surface area contributed by atoms with Crippen molar-refractivity contribution in [3.63, 3.8) is 0 Å². The zero-order valence-electron chi connectivity index (χ0n) is 17.2. The summed E-state index contributed by atoms with van der Waals surface area (Å²) in [6.45, 7) is 4.12. The van der Waals surface area contributed by atoms with Crippen molar-refractivity contribution < 1.29 is 0 Å². The third kappa shape index (κ3) is 4.78. The number of aromatic nitrogens is 4. The van der Waals surface area contributed by atoms with Gasteiger partial charge in [-0.3, -0.25) is 14.9 Å². The quantitative estimate of drug-likeness (QED) is 0.464. The van der Waals surface area contributed by atoms with E-state index in [1.54, 1.807) is 29.9 Å². The van der Waals surface area contributed by atoms with Gasteiger partial charge >= 0.3 is 0 Å². The smallest absolute Gasteiger partial charge is 0.223 e. The maximum absolute atomic E-state index is 4.85. The molecule has 0 radical (unpaired) electrons. The van der Waals surface area contributed by atoms with Gasteiger partial charge in [0, 0.05) is 43.8 Å². The fourth-order valence-corrected chi connectivity index (χ4v) is 4.72. The molecule has 1 aliphatic heterocycles. The number of nitrogens with one attached hydrogen (secondary N) is 1. The first-order valence-corrected chi connectivity index (χ1v) is 11.4. The Morgan fingerprint density at radius 3 is 2.77 bits per heavy atom. The molecule has 0 spiro atoms. The van der Waals surface area contributed by atoms with E-state index in [0.717, 1.165) is 48.0 Å². The van der Waals surface area contributed by atoms with Gasteiger partial charge in [0.05, 0.1) is 22.5 Å². The van der Waals surface area contributed by atoms with Gasteiger partial charge < -0.3 is 5.32 Å². The molecule has 1 fully saturated rings. The number of nitrogens with zero attached hydrogens (tertiary/aromatic N) is 5. The first-order chi connectivity index (χ1) is 15.3. The van der Waals surface area contributed by atoms with Gasteiger partial charge in [-0.1, -0.05) is 36.4 Å². The van der Waals surface area contributed by atoms with Gasteiger partial charge in [-0.15, -0.1) is 11.3 Å². The molecular weight excluding hydrogens is 404 g/mol. The summed E-state index contributed by atoms with van der Waals surface area (Å²) >= 11 is 1.67. The lowest BCUT2D eigenvalue weighted by molar-refractivity contribution is 0.319. The summed E-state index contributed by atoms with van der Waals surface area (Å²) in [6, 6.07) is 14.8. The number of anilines is 1. The second-order valence-electron chi connectivity index (χ2n) is 7.78. The Morgan fingerprint density at radius 1 is 1.03 bits per heavy atom. The average Bonchev–Trinajstić information content (AvgIpc) is 3.51. The summed E-state index contributed by atoms with van der Waals surface area (Å²) in [4.78, 5) is 21.7. The summed E-state index contributed by atoms with van der Waals surface area (Å²) in [7, 11) is 0. The second-order valence-corrected chi connectivity index (χ2v) is 8.73. The van der Waals surface area contributed by atoms with E-state index in [0.29, 0.717) is 11.9 Å². The summed E-state index contributed by atoms with van der Waals surface area (Å²) in [5.74, 6) is 1.26. The van der Waals surface area contributed by atoms with Gasteiger partial charge in [0.25, 0.3) is 0 Å². The second kappa shape index (κ2) is 9.32. The molecule has 0 amide bonds. The van der Waals surface area contributed by atoms with E-state index in [9.17, 15) is 0 Å². The highest BCUT2D eigenvalue weighted by molar-refractivity contribution is 7.13. The van der Waals surface area contributed by atoms with Crippen LogP contribution >= 0.6 is 11.3 Å². The van der Waals surface area contributed by atoms with Crippen LogP contribution in [0, 0.1) is 5.92 Å². The molecule has 1 atom stereocenters. The molecule has 0 bridgehead atoms. The highest BCUT2D eigenvalue weighted by Crippen LogP contribution is 2.32. The van der Waals surface area contributed by atoms with E-state index in [-0.39, 0.29) is 0 Å². The first-order valence-electron chi connectivity index (χ1n) is 10.5. The van der Waals surface area contributed by atoms with Crippen molar-refractivity contribution in [2.24, 2.45) is 5.92 Å². The molecule has 3 aromatic heterocycles. The monoisotopic (exact) mass is 428 g/mol. The Labute approximate surface area is 186 Å². The van der Waals surface area contributed by atoms with Crippen LogP contribution in [-0.2, 0) is 6.54 Å². The van der Waals surface area contributed by atoms with Gasteiger partial charge in [0.1, 0.15) is 0 Å². The lowest BCUT2D eigenvalue weighted by atomic mass is 10.1. The van der Waals surface area contributed by atoms with E-state index in [1.165, 1.54) is 12.0 Å². The van der Waals surface area contributed by atoms with Crippen molar-refractivity contribution >= 4 is 17.3 Å². The molecule has 4 heterocycles. The van der Waals surface area contributed by atoms with Crippen molar-refractivity contribution in [1.82, 2.24) is 24.8 Å². The Balaban J connectivity index is 1.27. The first kappa shape index (κ1) is 19.8. The Bertz CT molecular complexity index is 1100. The Morgan fingerprint density at radius 2 is 1.97 bits per heavy atom. The molecule has 1 N–H and O–H groups in total. The number of hydrogen-bond donors (Lipinski definition) is 1. The normalized spacial score (nSPS) is 16.5. The highest BCUT2D eigenvalue weighted by atomic mass is 32.1. The van der Waals surface area contributed by atoms with Crippen LogP contribution in [-0.4, -0.2) is 44.5 Å². The number of thiophene rings is 1. The van der Waals surface area contributed by atoms with Gasteiger partial charge in [-0.25, -0.2) is 9.97 Å². The van der Waals surface area contributed by atoms with Crippen LogP contribution in [0.1, 0.15) is 12.0 Å². The predicted octanol–water partition coefficient (Wildman–Crippen LogP) is 4.60. The average molecular weight is 429 g/mol. The van der Waals surface area contributed by atoms with Gasteiger partial charge in [0.2, 0.25) is 5.95 Å². The van der Waals surface area contributed by atoms with Gasteiger partial charge in [-0.05, 0) is 35.9 Å². The topological polar surface area (TPSA) is 66.8 Å². The number of hydrogen-bond acceptors (Lipinski definition) is 7. The summed E-state index contributed by atoms with van der Waals surface area (Å²) in [5.41, 5.74) is 3.95. The van der Waals surface area contributed by atoms with Crippen molar-refractivity contribution in [2.45, 2.75) is 13.0 Å². The lowest BCUT2D eigenvalue weighted by Crippen LogP contribution is -2.23. The van der Waals surface area contributed by atoms with Gasteiger partial charge in [0.15, 0.2) is 0 Å². The molecule has 156 valence electrons. The van der Waals surface area contributed by atoms with E-state index in [4.69, 9.17) is 4.98 Å². The van der Waals surface area contributed by atoms with Crippen molar-refractivity contribution in [1.29, 1.82) is 0 Å². The molecule has 0 saturated carbocycles. The number of likely N-dealkylation sites (tertiary alicyclic amines) is 1. The zero-order chi connectivity index (χ0) is 20.9. The third-order valence-electron chi connectivity index (χ3n) is 5.55. The largest absolute Gasteiger partial charge is 0.354 e. The van der Waals surface area contributed by atoms with Crippen LogP contribution < -0.4 is 5.32 Å². The number of benzene rings is 1. The van der Waals surface area contributed by atoms with Crippen LogP contribution in [0.4, 0.5) is 5.95 Å². The lowest BCUT2D eigenvalue weighted by Gasteiger charge is -2.16. The molecular formula is C24H24N6S. The maximum atomic E-state index is 4.85. The molecule has 1 aromatic carbocycles. The van der Waals surface area contributed by atoms with Crippen LogP contribution in [0.3, 0.4) is 0 Å². The molecule has 1 aliphatic rings. The Kier molecular flexibility index (Phi) is 5.95. The summed E-state index contributed by atoms with van der Waals surface area (Å²) in [6.07, 6.45) is 8.16. The standard InChI is InChI=1S/C24H24N6S/c1-2-5-18(6-3-1)16-30-11-8-19(17-30)13-27-24-28-14-20(21-15-25-9-10-26-21)23(29-24)22-7-4-12-31-22/h1-7,9-10,12,14-15,19H,8,11,13,16-17H2,(H,27,28,29)/t19-/m1/s1. The minimum Gasteiger partial charge on any atom is -0.354 e. The zero-order valence-corrected chi connectivity index (χ0v) is 18.0. The minimum absolute atomic E-state index is 0.595. The minimum atomic E-state index is 0.595. The van der Waals surface area contributed by atoms with Crippen LogP contribution in [0.15, 0.2) is 72.6 Å². The Hall–Kier alpha value is -3.16. The SMILES string of the molecule is c1ccc(CN2CC[C@H](CNc3ncc(-c4cnccn4)c(-c4cccs4)n3)C2)cc1. The van der Waals surface area contributed by atoms with Crippen molar-refractivity contribution in [3.8, 4) is 21.8 Å².